The van der Waals surface area contributed by atoms with Crippen molar-refractivity contribution in [2.75, 3.05) is 11.5 Å². The Labute approximate surface area is 218 Å². The van der Waals surface area contributed by atoms with E-state index in [1.807, 2.05) is 0 Å². The van der Waals surface area contributed by atoms with Crippen LogP contribution >= 0.6 is 23.2 Å². The molecule has 0 bridgehead atoms. The molecule has 1 fully saturated rings. The number of Topliss-reactive ketones (excluding diaryl/α,β-unsaturated/α-hetero) is 1. The van der Waals surface area contributed by atoms with Crippen molar-refractivity contribution in [3.63, 3.8) is 0 Å². The van der Waals surface area contributed by atoms with Crippen molar-refractivity contribution < 1.29 is 23.8 Å². The number of aliphatic hydroxyl groups is 1. The fourth-order valence-corrected chi connectivity index (χ4v) is 4.69. The van der Waals surface area contributed by atoms with Crippen molar-refractivity contribution in [2.45, 2.75) is 32.2 Å². The lowest BCUT2D eigenvalue weighted by atomic mass is 9.94. The fourth-order valence-electron chi connectivity index (χ4n) is 4.17. The molecule has 1 amide bonds. The number of ether oxygens (including phenoxy) is 1. The number of unbranched alkanes of at least 4 members (excludes halogenated alkanes) is 2. The number of nitrogens with zero attached hydrogens (tertiary/aromatic N) is 1. The van der Waals surface area contributed by atoms with E-state index in [2.05, 4.69) is 6.92 Å². The summed E-state index contributed by atoms with van der Waals surface area (Å²) in [7, 11) is 0. The minimum atomic E-state index is -1.23. The fraction of sp³-hybridized carbons (Fsp3) is 0.214. The summed E-state index contributed by atoms with van der Waals surface area (Å²) in [6.45, 7) is 2.68. The number of carbonyl (C=O) groups excluding carboxylic acids is 2. The second kappa shape index (κ2) is 11.1. The van der Waals surface area contributed by atoms with Crippen LogP contribution in [0.15, 0.2) is 72.3 Å². The monoisotopic (exact) mass is 527 g/mol. The van der Waals surface area contributed by atoms with E-state index >= 15 is 0 Å². The quantitative estimate of drug-likeness (QED) is 0.144. The van der Waals surface area contributed by atoms with Gasteiger partial charge in [-0.25, -0.2) is 4.39 Å². The first kappa shape index (κ1) is 25.7. The van der Waals surface area contributed by atoms with Gasteiger partial charge < -0.3 is 9.84 Å². The Morgan fingerprint density at radius 1 is 1.00 bits per heavy atom. The van der Waals surface area contributed by atoms with Gasteiger partial charge in [0, 0.05) is 26.9 Å². The van der Waals surface area contributed by atoms with Gasteiger partial charge in [0.2, 0.25) is 0 Å². The molecule has 3 aromatic rings. The Kier molecular flexibility index (Phi) is 7.97. The molecule has 1 saturated heterocycles. The molecule has 3 aromatic carbocycles. The summed E-state index contributed by atoms with van der Waals surface area (Å²) in [5, 5.41) is 11.7. The lowest BCUT2D eigenvalue weighted by molar-refractivity contribution is -0.132. The van der Waals surface area contributed by atoms with Gasteiger partial charge in [-0.2, -0.15) is 0 Å². The summed E-state index contributed by atoms with van der Waals surface area (Å²) < 4.78 is 20.7. The first-order valence-electron chi connectivity index (χ1n) is 11.6. The van der Waals surface area contributed by atoms with Crippen LogP contribution in [0.3, 0.4) is 0 Å². The van der Waals surface area contributed by atoms with Crippen LogP contribution in [-0.2, 0) is 9.59 Å². The van der Waals surface area contributed by atoms with E-state index in [0.29, 0.717) is 17.9 Å². The van der Waals surface area contributed by atoms with Crippen molar-refractivity contribution >= 4 is 46.3 Å². The van der Waals surface area contributed by atoms with Crippen LogP contribution in [0.1, 0.15) is 43.4 Å². The molecule has 0 aromatic heterocycles. The van der Waals surface area contributed by atoms with E-state index in [-0.39, 0.29) is 26.9 Å². The number of halogens is 3. The first-order valence-corrected chi connectivity index (χ1v) is 12.3. The van der Waals surface area contributed by atoms with Crippen LogP contribution in [0.2, 0.25) is 10.0 Å². The van der Waals surface area contributed by atoms with E-state index in [9.17, 15) is 19.1 Å². The molecular formula is C28H24Cl2FNO4. The normalized spacial score (nSPS) is 17.0. The molecule has 0 saturated carbocycles. The van der Waals surface area contributed by atoms with Crippen LogP contribution < -0.4 is 9.64 Å². The highest BCUT2D eigenvalue weighted by atomic mass is 35.5. The van der Waals surface area contributed by atoms with Gasteiger partial charge in [-0.1, -0.05) is 61.2 Å². The number of benzene rings is 3. The average Bonchev–Trinajstić information content (AvgIpc) is 3.11. The molecule has 1 heterocycles. The molecule has 4 rings (SSSR count). The summed E-state index contributed by atoms with van der Waals surface area (Å²) >= 11 is 12.3. The van der Waals surface area contributed by atoms with Gasteiger partial charge in [-0.3, -0.25) is 14.5 Å². The average molecular weight is 528 g/mol. The Morgan fingerprint density at radius 2 is 1.67 bits per heavy atom. The lowest BCUT2D eigenvalue weighted by Gasteiger charge is -2.26. The van der Waals surface area contributed by atoms with Gasteiger partial charge in [-0.05, 0) is 55.0 Å². The number of hydrogen-bond acceptors (Lipinski definition) is 4. The highest BCUT2D eigenvalue weighted by Crippen LogP contribution is 2.44. The molecule has 8 heteroatoms. The van der Waals surface area contributed by atoms with E-state index in [4.69, 9.17) is 27.9 Å². The van der Waals surface area contributed by atoms with Crippen LogP contribution in [-0.4, -0.2) is 23.4 Å². The van der Waals surface area contributed by atoms with Crippen molar-refractivity contribution in [3.8, 4) is 5.75 Å². The Balaban J connectivity index is 1.79. The highest BCUT2D eigenvalue weighted by Gasteiger charge is 2.48. The number of ketones is 1. The Hall–Kier alpha value is -3.35. The molecule has 5 nitrogen and oxygen atoms in total. The van der Waals surface area contributed by atoms with Gasteiger partial charge in [0.25, 0.3) is 11.7 Å². The maximum atomic E-state index is 15.0. The van der Waals surface area contributed by atoms with Crippen molar-refractivity contribution in [3.05, 3.63) is 99.3 Å². The van der Waals surface area contributed by atoms with Gasteiger partial charge >= 0.3 is 0 Å². The maximum Gasteiger partial charge on any atom is 0.300 e. The first-order chi connectivity index (χ1) is 17.3. The largest absolute Gasteiger partial charge is 0.507 e. The van der Waals surface area contributed by atoms with Gasteiger partial charge in [0.1, 0.15) is 17.3 Å². The van der Waals surface area contributed by atoms with Gasteiger partial charge in [-0.15, -0.1) is 0 Å². The molecule has 1 aliphatic rings. The van der Waals surface area contributed by atoms with Crippen molar-refractivity contribution in [1.82, 2.24) is 0 Å². The van der Waals surface area contributed by atoms with Crippen LogP contribution in [0.5, 0.6) is 5.75 Å². The number of carbonyl (C=O) groups is 2. The van der Waals surface area contributed by atoms with E-state index in [0.717, 1.165) is 24.2 Å². The number of amides is 1. The predicted octanol–water partition coefficient (Wildman–Crippen LogP) is 7.33. The molecule has 36 heavy (non-hydrogen) atoms. The SMILES string of the molecule is CCCCCOc1ccc(/C(O)=C2\C(=O)C(=O)N(c3cc(Cl)cc(Cl)c3)C2c2ccccc2F)cc1. The molecule has 1 aliphatic heterocycles. The second-order valence-corrected chi connectivity index (χ2v) is 9.27. The number of aliphatic hydroxyl groups excluding tert-OH is 1. The predicted molar refractivity (Wildman–Crippen MR) is 139 cm³/mol. The summed E-state index contributed by atoms with van der Waals surface area (Å²) in [6.07, 6.45) is 3.07. The van der Waals surface area contributed by atoms with Crippen molar-refractivity contribution in [2.24, 2.45) is 0 Å². The number of anilines is 1. The van der Waals surface area contributed by atoms with E-state index in [1.165, 1.54) is 36.4 Å². The summed E-state index contributed by atoms with van der Waals surface area (Å²) in [5.41, 5.74) is 0.306. The van der Waals surface area contributed by atoms with Gasteiger partial charge in [0.05, 0.1) is 18.2 Å². The number of rotatable bonds is 8. The van der Waals surface area contributed by atoms with E-state index < -0.39 is 29.3 Å². The third-order valence-corrected chi connectivity index (χ3v) is 6.35. The summed E-state index contributed by atoms with van der Waals surface area (Å²) in [5.74, 6) is -2.32. The lowest BCUT2D eigenvalue weighted by Crippen LogP contribution is -2.29. The van der Waals surface area contributed by atoms with Crippen LogP contribution in [0.4, 0.5) is 10.1 Å². The standard InChI is InChI=1S/C28H24Cl2FNO4/c1-2-3-6-13-36-21-11-9-17(10-12-21)26(33)24-25(22-7-4-5-8-23(22)31)32(28(35)27(24)34)20-15-18(29)14-19(30)16-20/h4-5,7-12,14-16,25,33H,2-3,6,13H2,1H3/b26-24+. The minimum absolute atomic E-state index is 0.0465. The van der Waals surface area contributed by atoms with Crippen LogP contribution in [0, 0.1) is 5.82 Å². The minimum Gasteiger partial charge on any atom is -0.507 e. The second-order valence-electron chi connectivity index (χ2n) is 8.40. The smallest absolute Gasteiger partial charge is 0.300 e. The molecule has 1 unspecified atom stereocenters. The third kappa shape index (κ3) is 5.25. The van der Waals surface area contributed by atoms with E-state index in [1.54, 1.807) is 30.3 Å². The molecule has 186 valence electrons. The topological polar surface area (TPSA) is 66.8 Å². The third-order valence-electron chi connectivity index (χ3n) is 5.91. The molecule has 0 aliphatic carbocycles. The zero-order valence-corrected chi connectivity index (χ0v) is 21.0. The molecule has 0 spiro atoms. The summed E-state index contributed by atoms with van der Waals surface area (Å²) in [6, 6.07) is 15.5. The van der Waals surface area contributed by atoms with Gasteiger partial charge in [0.15, 0.2) is 0 Å². The maximum absolute atomic E-state index is 15.0. The molecule has 1 atom stereocenters. The van der Waals surface area contributed by atoms with Crippen LogP contribution in [0.25, 0.3) is 5.76 Å². The summed E-state index contributed by atoms with van der Waals surface area (Å²) in [4.78, 5) is 27.5. The number of hydrogen-bond donors (Lipinski definition) is 1. The van der Waals surface area contributed by atoms with Crippen molar-refractivity contribution in [1.29, 1.82) is 0 Å². The zero-order valence-electron chi connectivity index (χ0n) is 19.5. The molecule has 0 radical (unpaired) electrons. The molecule has 1 N–H and O–H groups in total. The highest BCUT2D eigenvalue weighted by molar-refractivity contribution is 6.52. The zero-order chi connectivity index (χ0) is 25.8. The molecular weight excluding hydrogens is 504 g/mol. The Morgan fingerprint density at radius 3 is 2.31 bits per heavy atom. The Bertz CT molecular complexity index is 1300.